The third-order valence-electron chi connectivity index (χ3n) is 2.92. The van der Waals surface area contributed by atoms with Gasteiger partial charge < -0.3 is 5.11 Å². The summed E-state index contributed by atoms with van der Waals surface area (Å²) in [6.07, 6.45) is 0. The number of carboxylic acid groups (broad SMARTS) is 1. The summed E-state index contributed by atoms with van der Waals surface area (Å²) in [5.41, 5.74) is 1.04. The van der Waals surface area contributed by atoms with E-state index >= 15 is 0 Å². The van der Waals surface area contributed by atoms with Crippen molar-refractivity contribution < 1.29 is 18.3 Å². The second-order valence-corrected chi connectivity index (χ2v) is 6.44. The van der Waals surface area contributed by atoms with Crippen LogP contribution >= 0.6 is 0 Å². The van der Waals surface area contributed by atoms with Crippen molar-refractivity contribution in [3.05, 3.63) is 28.8 Å². The number of benzene rings is 1. The molecule has 0 aliphatic carbocycles. The average molecular weight is 295 g/mol. The van der Waals surface area contributed by atoms with Crippen molar-refractivity contribution in [2.75, 3.05) is 13.6 Å². The van der Waals surface area contributed by atoms with E-state index in [4.69, 9.17) is 5.11 Å². The van der Waals surface area contributed by atoms with Gasteiger partial charge in [-0.3, -0.25) is 0 Å². The van der Waals surface area contributed by atoms with E-state index < -0.39 is 16.0 Å². The van der Waals surface area contributed by atoms with Crippen molar-refractivity contribution in [3.63, 3.8) is 0 Å². The summed E-state index contributed by atoms with van der Waals surface area (Å²) in [5, 5.41) is 9.10. The molecule has 0 fully saturated rings. The van der Waals surface area contributed by atoms with Crippen LogP contribution in [0.2, 0.25) is 0 Å². The van der Waals surface area contributed by atoms with Gasteiger partial charge in [-0.05, 0) is 38.0 Å². The van der Waals surface area contributed by atoms with Crippen molar-refractivity contribution in [1.82, 2.24) is 4.31 Å². The summed E-state index contributed by atoms with van der Waals surface area (Å²) in [4.78, 5) is 11.1. The highest BCUT2D eigenvalue weighted by molar-refractivity contribution is 7.89. The largest absolute Gasteiger partial charge is 0.478 e. The van der Waals surface area contributed by atoms with E-state index in [9.17, 15) is 13.2 Å². The van der Waals surface area contributed by atoms with Crippen molar-refractivity contribution in [2.45, 2.75) is 25.7 Å². The Hall–Kier alpha value is -1.84. The Morgan fingerprint density at radius 3 is 2.40 bits per heavy atom. The van der Waals surface area contributed by atoms with Crippen LogP contribution in [0.15, 0.2) is 17.0 Å². The molecule has 0 saturated carbocycles. The Labute approximate surface area is 119 Å². The Bertz CT molecular complexity index is 696. The molecule has 0 aliphatic heterocycles. The molecular weight excluding hydrogens is 278 g/mol. The van der Waals surface area contributed by atoms with E-state index in [-0.39, 0.29) is 17.0 Å². The van der Waals surface area contributed by atoms with Gasteiger partial charge in [0.2, 0.25) is 10.0 Å². The highest BCUT2D eigenvalue weighted by Crippen LogP contribution is 2.23. The fourth-order valence-electron chi connectivity index (χ4n) is 1.78. The van der Waals surface area contributed by atoms with Crippen molar-refractivity contribution >= 4 is 16.0 Å². The molecule has 0 bridgehead atoms. The molecule has 0 spiro atoms. The van der Waals surface area contributed by atoms with Crippen LogP contribution in [-0.4, -0.2) is 37.4 Å². The van der Waals surface area contributed by atoms with Crippen LogP contribution in [0.3, 0.4) is 0 Å². The van der Waals surface area contributed by atoms with Gasteiger partial charge in [0.05, 0.1) is 17.0 Å². The molecule has 108 valence electrons. The minimum absolute atomic E-state index is 0.000836. The molecule has 0 amide bonds. The zero-order chi connectivity index (χ0) is 15.5. The Kier molecular flexibility index (Phi) is 4.93. The van der Waals surface area contributed by atoms with Gasteiger partial charge in [-0.15, -0.1) is 5.92 Å². The normalized spacial score (nSPS) is 11.1. The molecule has 6 heteroatoms. The first-order valence-corrected chi connectivity index (χ1v) is 7.36. The van der Waals surface area contributed by atoms with Gasteiger partial charge >= 0.3 is 5.97 Å². The molecule has 0 saturated heterocycles. The third-order valence-corrected chi connectivity index (χ3v) is 4.86. The number of carboxylic acids is 1. The van der Waals surface area contributed by atoms with E-state index in [2.05, 4.69) is 11.8 Å². The van der Waals surface area contributed by atoms with Crippen molar-refractivity contribution in [3.8, 4) is 11.8 Å². The molecule has 5 nitrogen and oxygen atoms in total. The van der Waals surface area contributed by atoms with E-state index in [0.29, 0.717) is 11.1 Å². The lowest BCUT2D eigenvalue weighted by Crippen LogP contribution is -2.28. The first kappa shape index (κ1) is 16.2. The molecule has 0 unspecified atom stereocenters. The quantitative estimate of drug-likeness (QED) is 0.857. The zero-order valence-electron chi connectivity index (χ0n) is 11.9. The Morgan fingerprint density at radius 1 is 1.30 bits per heavy atom. The molecule has 1 aromatic rings. The summed E-state index contributed by atoms with van der Waals surface area (Å²) in [6.45, 7) is 4.97. The van der Waals surface area contributed by atoms with E-state index in [1.807, 2.05) is 0 Å². The van der Waals surface area contributed by atoms with Crippen LogP contribution in [0.25, 0.3) is 0 Å². The van der Waals surface area contributed by atoms with Gasteiger partial charge in [0, 0.05) is 7.05 Å². The number of aryl methyl sites for hydroxylation is 2. The summed E-state index contributed by atoms with van der Waals surface area (Å²) < 4.78 is 25.9. The van der Waals surface area contributed by atoms with Gasteiger partial charge in [0.15, 0.2) is 0 Å². The van der Waals surface area contributed by atoms with Gasteiger partial charge in [-0.1, -0.05) is 12.0 Å². The maximum atomic E-state index is 12.4. The van der Waals surface area contributed by atoms with Gasteiger partial charge in [-0.2, -0.15) is 4.31 Å². The van der Waals surface area contributed by atoms with Crippen LogP contribution in [-0.2, 0) is 10.0 Å². The number of carbonyl (C=O) groups is 1. The van der Waals surface area contributed by atoms with Crippen LogP contribution in [0.5, 0.6) is 0 Å². The highest BCUT2D eigenvalue weighted by Gasteiger charge is 2.24. The summed E-state index contributed by atoms with van der Waals surface area (Å²) in [7, 11) is -2.33. The predicted molar refractivity (Wildman–Crippen MR) is 76.1 cm³/mol. The molecule has 0 atom stereocenters. The van der Waals surface area contributed by atoms with Gasteiger partial charge in [0.25, 0.3) is 0 Å². The Morgan fingerprint density at radius 2 is 1.90 bits per heavy atom. The molecule has 1 aromatic carbocycles. The molecule has 0 heterocycles. The van der Waals surface area contributed by atoms with E-state index in [0.717, 1.165) is 4.31 Å². The van der Waals surface area contributed by atoms with Crippen LogP contribution in [0.1, 0.15) is 28.4 Å². The second kappa shape index (κ2) is 6.07. The zero-order valence-corrected chi connectivity index (χ0v) is 12.7. The number of hydrogen-bond acceptors (Lipinski definition) is 3. The summed E-state index contributed by atoms with van der Waals surface area (Å²) >= 11 is 0. The molecule has 0 radical (unpaired) electrons. The number of nitrogens with zero attached hydrogens (tertiary/aromatic N) is 1. The predicted octanol–water partition coefficient (Wildman–Crippen LogP) is 1.65. The topological polar surface area (TPSA) is 74.7 Å². The molecule has 0 aliphatic rings. The van der Waals surface area contributed by atoms with Crippen LogP contribution in [0.4, 0.5) is 0 Å². The standard InChI is InChI=1S/C14H17NO4S/c1-5-6-7-15(4)20(18,19)13-9-12(14(16)17)10(2)8-11(13)3/h8-9H,7H2,1-4H3,(H,16,17). The fourth-order valence-corrected chi connectivity index (χ4v) is 3.09. The van der Waals surface area contributed by atoms with E-state index in [1.54, 1.807) is 26.8 Å². The maximum absolute atomic E-state index is 12.4. The lowest BCUT2D eigenvalue weighted by molar-refractivity contribution is 0.0696. The molecule has 1 N–H and O–H groups in total. The summed E-state index contributed by atoms with van der Waals surface area (Å²) in [5.74, 6) is 4.15. The van der Waals surface area contributed by atoms with Gasteiger partial charge in [-0.25, -0.2) is 13.2 Å². The smallest absolute Gasteiger partial charge is 0.335 e. The first-order chi connectivity index (χ1) is 9.21. The molecule has 20 heavy (non-hydrogen) atoms. The Balaban J connectivity index is 3.41. The minimum atomic E-state index is -3.75. The van der Waals surface area contributed by atoms with Crippen molar-refractivity contribution in [2.24, 2.45) is 0 Å². The molecule has 0 aromatic heterocycles. The third kappa shape index (κ3) is 3.18. The number of rotatable bonds is 4. The van der Waals surface area contributed by atoms with Gasteiger partial charge in [0.1, 0.15) is 0 Å². The lowest BCUT2D eigenvalue weighted by atomic mass is 10.1. The monoisotopic (exact) mass is 295 g/mol. The average Bonchev–Trinajstić information content (AvgIpc) is 2.34. The highest BCUT2D eigenvalue weighted by atomic mass is 32.2. The number of hydrogen-bond donors (Lipinski definition) is 1. The SMILES string of the molecule is CC#CCN(C)S(=O)(=O)c1cc(C(=O)O)c(C)cc1C. The number of sulfonamides is 1. The van der Waals surface area contributed by atoms with E-state index in [1.165, 1.54) is 13.1 Å². The lowest BCUT2D eigenvalue weighted by Gasteiger charge is -2.17. The fraction of sp³-hybridized carbons (Fsp3) is 0.357. The minimum Gasteiger partial charge on any atom is -0.478 e. The van der Waals surface area contributed by atoms with Crippen LogP contribution < -0.4 is 0 Å². The molecular formula is C14H17NO4S. The van der Waals surface area contributed by atoms with Crippen molar-refractivity contribution in [1.29, 1.82) is 0 Å². The number of aromatic carboxylic acids is 1. The second-order valence-electron chi connectivity index (χ2n) is 4.43. The molecule has 1 rings (SSSR count). The summed E-state index contributed by atoms with van der Waals surface area (Å²) in [6, 6.07) is 2.77. The maximum Gasteiger partial charge on any atom is 0.335 e. The van der Waals surface area contributed by atoms with Crippen LogP contribution in [0, 0.1) is 25.7 Å². The first-order valence-electron chi connectivity index (χ1n) is 5.92.